The van der Waals surface area contributed by atoms with Crippen molar-refractivity contribution in [3.05, 3.63) is 71.1 Å². The number of aromatic nitrogens is 4. The Bertz CT molecular complexity index is 1410. The number of fused-ring (bicyclic) bond motifs is 1. The summed E-state index contributed by atoms with van der Waals surface area (Å²) in [6, 6.07) is 16.9. The molecule has 180 valence electrons. The molecule has 0 atom stereocenters. The number of pyridine rings is 1. The van der Waals surface area contributed by atoms with Crippen LogP contribution in [-0.2, 0) is 4.79 Å². The monoisotopic (exact) mass is 472 g/mol. The Labute approximate surface area is 202 Å². The second-order valence-corrected chi connectivity index (χ2v) is 8.78. The van der Waals surface area contributed by atoms with Crippen LogP contribution in [0.1, 0.15) is 19.9 Å². The van der Waals surface area contributed by atoms with E-state index in [0.29, 0.717) is 37.7 Å². The van der Waals surface area contributed by atoms with Gasteiger partial charge in [-0.3, -0.25) is 9.59 Å². The van der Waals surface area contributed by atoms with Gasteiger partial charge in [0.25, 0.3) is 5.56 Å². The molecule has 1 fully saturated rings. The maximum absolute atomic E-state index is 12.4. The fourth-order valence-corrected chi connectivity index (χ4v) is 4.25. The van der Waals surface area contributed by atoms with Crippen molar-refractivity contribution in [3.63, 3.8) is 0 Å². The molecule has 0 bridgehead atoms. The largest absolute Gasteiger partial charge is 0.492 e. The summed E-state index contributed by atoms with van der Waals surface area (Å²) in [4.78, 5) is 26.2. The number of nitrogens with one attached hydrogen (secondary N) is 1. The molecule has 4 aromatic rings. The van der Waals surface area contributed by atoms with E-state index >= 15 is 0 Å². The summed E-state index contributed by atoms with van der Waals surface area (Å²) in [6.07, 6.45) is 1.86. The molecule has 5 rings (SSSR count). The average Bonchev–Trinajstić information content (AvgIpc) is 3.25. The van der Waals surface area contributed by atoms with Crippen LogP contribution in [-0.4, -0.2) is 63.0 Å². The van der Waals surface area contributed by atoms with Crippen molar-refractivity contribution in [2.45, 2.75) is 19.9 Å². The van der Waals surface area contributed by atoms with Crippen LogP contribution in [0, 0.1) is 0 Å². The van der Waals surface area contributed by atoms with Crippen molar-refractivity contribution in [1.29, 1.82) is 0 Å². The van der Waals surface area contributed by atoms with Gasteiger partial charge in [0.2, 0.25) is 5.91 Å². The first kappa shape index (κ1) is 22.8. The highest BCUT2D eigenvalue weighted by molar-refractivity contribution is 5.91. The molecule has 0 unspecified atom stereocenters. The Morgan fingerprint density at radius 1 is 1.06 bits per heavy atom. The van der Waals surface area contributed by atoms with Crippen molar-refractivity contribution in [2.24, 2.45) is 0 Å². The van der Waals surface area contributed by atoms with E-state index in [4.69, 9.17) is 9.84 Å². The van der Waals surface area contributed by atoms with Crippen molar-refractivity contribution in [3.8, 4) is 28.3 Å². The Kier molecular flexibility index (Phi) is 6.33. The molecule has 1 saturated heterocycles. The fraction of sp³-hybridized carbons (Fsp3) is 0.308. The Morgan fingerprint density at radius 3 is 2.66 bits per heavy atom. The van der Waals surface area contributed by atoms with Gasteiger partial charge >= 0.3 is 0 Å². The number of hydrogen-bond acceptors (Lipinski definition) is 6. The summed E-state index contributed by atoms with van der Waals surface area (Å²) in [6.45, 7) is 6.65. The van der Waals surface area contributed by atoms with E-state index in [1.54, 1.807) is 16.6 Å². The predicted octanol–water partition coefficient (Wildman–Crippen LogP) is 2.62. The number of hydrogen-bond donors (Lipinski definition) is 1. The highest BCUT2D eigenvalue weighted by atomic mass is 16.5. The molecular formula is C26H28N6O3. The topological polar surface area (TPSA) is 93.8 Å². The second kappa shape index (κ2) is 9.71. The van der Waals surface area contributed by atoms with Gasteiger partial charge in [0.15, 0.2) is 0 Å². The number of benzene rings is 1. The molecule has 1 aromatic carbocycles. The van der Waals surface area contributed by atoms with Crippen LogP contribution < -0.4 is 15.6 Å². The van der Waals surface area contributed by atoms with Crippen LogP contribution in [0.4, 0.5) is 0 Å². The first-order valence-corrected chi connectivity index (χ1v) is 11.8. The van der Waals surface area contributed by atoms with Crippen LogP contribution >= 0.6 is 0 Å². The van der Waals surface area contributed by atoms with Gasteiger partial charge in [-0.05, 0) is 26.0 Å². The summed E-state index contributed by atoms with van der Waals surface area (Å²) >= 11 is 0. The standard InChI is InChI=1S/C26H28N6O3/c1-18(2)32-23(33)9-8-21(28-32)25-22-16-20(35-15-14-30-13-11-27-17-24(30)34)10-12-31(22)29-26(25)19-6-4-3-5-7-19/h3-10,12,16,18,27H,11,13-15,17H2,1-2H3. The molecule has 4 heterocycles. The number of rotatable bonds is 7. The summed E-state index contributed by atoms with van der Waals surface area (Å²) in [7, 11) is 0. The van der Waals surface area contributed by atoms with Crippen molar-refractivity contribution in [2.75, 3.05) is 32.8 Å². The van der Waals surface area contributed by atoms with Gasteiger partial charge in [0, 0.05) is 37.0 Å². The Balaban J connectivity index is 1.53. The predicted molar refractivity (Wildman–Crippen MR) is 133 cm³/mol. The van der Waals surface area contributed by atoms with Gasteiger partial charge in [-0.25, -0.2) is 9.20 Å². The number of carbonyl (C=O) groups excluding carboxylic acids is 1. The van der Waals surface area contributed by atoms with Crippen molar-refractivity contribution in [1.82, 2.24) is 29.6 Å². The molecule has 1 aliphatic rings. The molecule has 0 aliphatic carbocycles. The van der Waals surface area contributed by atoms with Gasteiger partial charge in [-0.15, -0.1) is 0 Å². The summed E-state index contributed by atoms with van der Waals surface area (Å²) < 4.78 is 9.31. The lowest BCUT2D eigenvalue weighted by Gasteiger charge is -2.27. The van der Waals surface area contributed by atoms with Crippen LogP contribution in [0.5, 0.6) is 5.75 Å². The van der Waals surface area contributed by atoms with Gasteiger partial charge in [-0.2, -0.15) is 10.2 Å². The third-order valence-electron chi connectivity index (χ3n) is 6.04. The SMILES string of the molecule is CC(C)n1nc(-c2c(-c3ccccc3)nn3ccc(OCCN4CCNCC4=O)cc23)ccc1=O. The quantitative estimate of drug-likeness (QED) is 0.445. The molecule has 1 amide bonds. The maximum atomic E-state index is 12.4. The van der Waals surface area contributed by atoms with Gasteiger partial charge < -0.3 is 15.0 Å². The molecule has 9 nitrogen and oxygen atoms in total. The molecule has 1 aliphatic heterocycles. The minimum absolute atomic E-state index is 0.0731. The number of ether oxygens (including phenoxy) is 1. The minimum Gasteiger partial charge on any atom is -0.492 e. The fourth-order valence-electron chi connectivity index (χ4n) is 4.25. The third kappa shape index (κ3) is 4.67. The lowest BCUT2D eigenvalue weighted by molar-refractivity contribution is -0.132. The highest BCUT2D eigenvalue weighted by Gasteiger charge is 2.20. The molecule has 3 aromatic heterocycles. The summed E-state index contributed by atoms with van der Waals surface area (Å²) in [5.74, 6) is 0.769. The van der Waals surface area contributed by atoms with E-state index in [1.807, 2.05) is 67.4 Å². The number of carbonyl (C=O) groups is 1. The van der Waals surface area contributed by atoms with Crippen LogP contribution in [0.25, 0.3) is 28.0 Å². The van der Waals surface area contributed by atoms with Crippen molar-refractivity contribution >= 4 is 11.4 Å². The molecule has 9 heteroatoms. The zero-order valence-corrected chi connectivity index (χ0v) is 19.8. The van der Waals surface area contributed by atoms with Crippen LogP contribution in [0.15, 0.2) is 65.6 Å². The van der Waals surface area contributed by atoms with Crippen molar-refractivity contribution < 1.29 is 9.53 Å². The van der Waals surface area contributed by atoms with Crippen LogP contribution in [0.2, 0.25) is 0 Å². The maximum Gasteiger partial charge on any atom is 0.267 e. The average molecular weight is 473 g/mol. The lowest BCUT2D eigenvalue weighted by Crippen LogP contribution is -2.49. The first-order valence-electron chi connectivity index (χ1n) is 11.8. The third-order valence-corrected chi connectivity index (χ3v) is 6.04. The summed E-state index contributed by atoms with van der Waals surface area (Å²) in [5, 5.41) is 12.6. The van der Waals surface area contributed by atoms with Crippen LogP contribution in [0.3, 0.4) is 0 Å². The lowest BCUT2D eigenvalue weighted by atomic mass is 10.0. The molecule has 0 radical (unpaired) electrons. The van der Waals surface area contributed by atoms with E-state index in [1.165, 1.54) is 4.68 Å². The second-order valence-electron chi connectivity index (χ2n) is 8.78. The minimum atomic E-state index is -0.145. The van der Waals surface area contributed by atoms with E-state index < -0.39 is 0 Å². The first-order chi connectivity index (χ1) is 17.0. The molecule has 35 heavy (non-hydrogen) atoms. The molecule has 0 saturated carbocycles. The zero-order chi connectivity index (χ0) is 24.4. The molecule has 0 spiro atoms. The Hall–Kier alpha value is -3.98. The smallest absolute Gasteiger partial charge is 0.267 e. The summed E-state index contributed by atoms with van der Waals surface area (Å²) in [5.41, 5.74) is 3.89. The zero-order valence-electron chi connectivity index (χ0n) is 19.8. The molecule has 1 N–H and O–H groups in total. The van der Waals surface area contributed by atoms with Gasteiger partial charge in [0.1, 0.15) is 18.1 Å². The normalized spacial score (nSPS) is 14.1. The van der Waals surface area contributed by atoms with Gasteiger partial charge in [-0.1, -0.05) is 30.3 Å². The van der Waals surface area contributed by atoms with E-state index in [0.717, 1.165) is 28.9 Å². The number of piperazine rings is 1. The van der Waals surface area contributed by atoms with E-state index in [9.17, 15) is 9.59 Å². The van der Waals surface area contributed by atoms with E-state index in [-0.39, 0.29) is 17.5 Å². The van der Waals surface area contributed by atoms with E-state index in [2.05, 4.69) is 10.4 Å². The molecular weight excluding hydrogens is 444 g/mol. The number of nitrogens with zero attached hydrogens (tertiary/aromatic N) is 5. The van der Waals surface area contributed by atoms with Gasteiger partial charge in [0.05, 0.1) is 35.9 Å². The Morgan fingerprint density at radius 2 is 1.89 bits per heavy atom. The highest BCUT2D eigenvalue weighted by Crippen LogP contribution is 2.35. The number of amides is 1.